The third kappa shape index (κ3) is 4.65. The van der Waals surface area contributed by atoms with E-state index in [1.807, 2.05) is 24.3 Å². The molecule has 0 unspecified atom stereocenters. The molecular weight excluding hydrogens is 379 g/mol. The fourth-order valence-electron chi connectivity index (χ4n) is 3.16. The van der Waals surface area contributed by atoms with E-state index >= 15 is 0 Å². The molecule has 1 fully saturated rings. The molecule has 0 aliphatic carbocycles. The number of rotatable bonds is 6. The normalized spacial score (nSPS) is 14.1. The van der Waals surface area contributed by atoms with Crippen molar-refractivity contribution in [3.63, 3.8) is 0 Å². The average molecular weight is 402 g/mol. The summed E-state index contributed by atoms with van der Waals surface area (Å²) in [6.07, 6.45) is 0. The molecule has 2 aromatic carbocycles. The Morgan fingerprint density at radius 2 is 1.82 bits per heavy atom. The highest BCUT2D eigenvalue weighted by molar-refractivity contribution is 8.00. The lowest BCUT2D eigenvalue weighted by Gasteiger charge is -2.36. The number of halogens is 1. The largest absolute Gasteiger partial charge is 0.495 e. The number of carbonyl (C=O) groups excluding carboxylic acids is 2. The molecule has 0 radical (unpaired) electrons. The van der Waals surface area contributed by atoms with Crippen molar-refractivity contribution in [3.05, 3.63) is 53.8 Å². The van der Waals surface area contributed by atoms with Gasteiger partial charge in [0.05, 0.1) is 18.6 Å². The highest BCUT2D eigenvalue weighted by Gasteiger charge is 2.23. The summed E-state index contributed by atoms with van der Waals surface area (Å²) in [5.41, 5.74) is 1.36. The Bertz CT molecular complexity index is 866. The maximum Gasteiger partial charge on any atom is 0.233 e. The molecule has 5 nitrogen and oxygen atoms in total. The second-order valence-corrected chi connectivity index (χ2v) is 7.55. The first-order chi connectivity index (χ1) is 13.5. The predicted molar refractivity (Wildman–Crippen MR) is 109 cm³/mol. The molecule has 0 saturated carbocycles. The zero-order valence-electron chi connectivity index (χ0n) is 16.0. The number of hydrogen-bond acceptors (Lipinski definition) is 5. The van der Waals surface area contributed by atoms with Crippen molar-refractivity contribution in [3.8, 4) is 5.75 Å². The van der Waals surface area contributed by atoms with Gasteiger partial charge in [-0.3, -0.25) is 9.59 Å². The van der Waals surface area contributed by atoms with Crippen LogP contribution in [0.4, 0.5) is 10.1 Å². The number of ketones is 1. The fraction of sp³-hybridized carbons (Fsp3) is 0.333. The van der Waals surface area contributed by atoms with Gasteiger partial charge >= 0.3 is 0 Å². The second kappa shape index (κ2) is 9.10. The second-order valence-electron chi connectivity index (χ2n) is 6.53. The summed E-state index contributed by atoms with van der Waals surface area (Å²) in [6, 6.07) is 12.2. The van der Waals surface area contributed by atoms with Crippen molar-refractivity contribution in [1.29, 1.82) is 0 Å². The number of methoxy groups -OCH3 is 1. The third-order valence-electron chi connectivity index (χ3n) is 4.75. The highest BCUT2D eigenvalue weighted by Crippen LogP contribution is 2.29. The summed E-state index contributed by atoms with van der Waals surface area (Å²) in [4.78, 5) is 28.2. The Labute approximate surface area is 168 Å². The van der Waals surface area contributed by atoms with Crippen molar-refractivity contribution in [2.24, 2.45) is 0 Å². The summed E-state index contributed by atoms with van der Waals surface area (Å²) in [5.74, 6) is 0.332. The maximum absolute atomic E-state index is 14.1. The van der Waals surface area contributed by atoms with Crippen molar-refractivity contribution in [2.75, 3.05) is 43.9 Å². The van der Waals surface area contributed by atoms with E-state index in [0.29, 0.717) is 23.5 Å². The van der Waals surface area contributed by atoms with Crippen LogP contribution in [0.3, 0.4) is 0 Å². The van der Waals surface area contributed by atoms with Crippen LogP contribution < -0.4 is 9.64 Å². The van der Waals surface area contributed by atoms with E-state index in [1.54, 1.807) is 24.1 Å². The Hall–Kier alpha value is -2.54. The Morgan fingerprint density at radius 3 is 2.46 bits per heavy atom. The van der Waals surface area contributed by atoms with Gasteiger partial charge in [-0.1, -0.05) is 18.2 Å². The van der Waals surface area contributed by atoms with Crippen LogP contribution in [-0.2, 0) is 4.79 Å². The first-order valence-corrected chi connectivity index (χ1v) is 10.1. The van der Waals surface area contributed by atoms with E-state index in [4.69, 9.17) is 4.74 Å². The molecule has 1 amide bonds. The molecule has 1 heterocycles. The molecule has 0 N–H and O–H groups in total. The van der Waals surface area contributed by atoms with Crippen LogP contribution in [-0.4, -0.2) is 55.6 Å². The molecular formula is C21H23FN2O3S. The summed E-state index contributed by atoms with van der Waals surface area (Å²) in [6.45, 7) is 4.07. The number of nitrogens with zero attached hydrogens (tertiary/aromatic N) is 2. The van der Waals surface area contributed by atoms with Gasteiger partial charge in [-0.15, -0.1) is 11.8 Å². The lowest BCUT2D eigenvalue weighted by atomic mass is 10.1. The van der Waals surface area contributed by atoms with E-state index in [-0.39, 0.29) is 17.4 Å². The molecule has 7 heteroatoms. The van der Waals surface area contributed by atoms with E-state index in [2.05, 4.69) is 4.90 Å². The van der Waals surface area contributed by atoms with E-state index in [9.17, 15) is 14.0 Å². The molecule has 0 spiro atoms. The molecule has 0 atom stereocenters. The summed E-state index contributed by atoms with van der Waals surface area (Å²) in [5, 5.41) is 0. The van der Waals surface area contributed by atoms with Gasteiger partial charge < -0.3 is 14.5 Å². The standard InChI is InChI=1S/C21H23FN2O3S/c1-15(25)16-7-8-20(17(22)13-16)28-14-21(26)24-11-9-23(10-12-24)18-5-3-4-6-19(18)27-2/h3-8,13H,9-12,14H2,1-2H3. The van der Waals surface area contributed by atoms with Crippen molar-refractivity contribution in [2.45, 2.75) is 11.8 Å². The third-order valence-corrected chi connectivity index (χ3v) is 5.78. The topological polar surface area (TPSA) is 49.9 Å². The van der Waals surface area contributed by atoms with Crippen LogP contribution in [0.25, 0.3) is 0 Å². The van der Waals surface area contributed by atoms with Crippen LogP contribution in [0.2, 0.25) is 0 Å². The number of thioether (sulfide) groups is 1. The minimum Gasteiger partial charge on any atom is -0.495 e. The van der Waals surface area contributed by atoms with Crippen LogP contribution >= 0.6 is 11.8 Å². The number of carbonyl (C=O) groups is 2. The van der Waals surface area contributed by atoms with Crippen molar-refractivity contribution in [1.82, 2.24) is 4.90 Å². The number of anilines is 1. The van der Waals surface area contributed by atoms with Crippen LogP contribution in [0.15, 0.2) is 47.4 Å². The SMILES string of the molecule is COc1ccccc1N1CCN(C(=O)CSc2ccc(C(C)=O)cc2F)CC1. The number of piperazine rings is 1. The molecule has 28 heavy (non-hydrogen) atoms. The molecule has 1 aliphatic rings. The van der Waals surface area contributed by atoms with Gasteiger partial charge in [0.1, 0.15) is 11.6 Å². The van der Waals surface area contributed by atoms with Crippen molar-refractivity contribution < 1.29 is 18.7 Å². The fourth-order valence-corrected chi connectivity index (χ4v) is 3.98. The molecule has 1 aliphatic heterocycles. The summed E-state index contributed by atoms with van der Waals surface area (Å²) >= 11 is 1.16. The molecule has 3 rings (SSSR count). The lowest BCUT2D eigenvalue weighted by molar-refractivity contribution is -0.128. The van der Waals surface area contributed by atoms with Crippen LogP contribution in [0.1, 0.15) is 17.3 Å². The monoisotopic (exact) mass is 402 g/mol. The van der Waals surface area contributed by atoms with Gasteiger partial charge in [0.15, 0.2) is 5.78 Å². The smallest absolute Gasteiger partial charge is 0.233 e. The van der Waals surface area contributed by atoms with Crippen LogP contribution in [0.5, 0.6) is 5.75 Å². The molecule has 0 bridgehead atoms. The van der Waals surface area contributed by atoms with Gasteiger partial charge in [-0.25, -0.2) is 4.39 Å². The first kappa shape index (κ1) is 20.2. The van der Waals surface area contributed by atoms with Gasteiger partial charge in [0, 0.05) is 36.6 Å². The predicted octanol–water partition coefficient (Wildman–Crippen LogP) is 3.48. The molecule has 2 aromatic rings. The molecule has 148 valence electrons. The number of benzene rings is 2. The van der Waals surface area contributed by atoms with Crippen molar-refractivity contribution >= 4 is 29.1 Å². The van der Waals surface area contributed by atoms with Gasteiger partial charge in [0.25, 0.3) is 0 Å². The Kier molecular flexibility index (Phi) is 6.57. The number of para-hydroxylation sites is 2. The summed E-state index contributed by atoms with van der Waals surface area (Å²) < 4.78 is 19.5. The van der Waals surface area contributed by atoms with Gasteiger partial charge in [-0.2, -0.15) is 0 Å². The zero-order valence-corrected chi connectivity index (χ0v) is 16.8. The number of amides is 1. The minimum atomic E-state index is -0.466. The Morgan fingerprint density at radius 1 is 1.11 bits per heavy atom. The highest BCUT2D eigenvalue weighted by atomic mass is 32.2. The van der Waals surface area contributed by atoms with Gasteiger partial charge in [-0.05, 0) is 31.2 Å². The zero-order chi connectivity index (χ0) is 20.1. The number of Topliss-reactive ketones (excluding diaryl/α,β-unsaturated/α-hetero) is 1. The Balaban J connectivity index is 1.54. The van der Waals surface area contributed by atoms with Gasteiger partial charge in [0.2, 0.25) is 5.91 Å². The first-order valence-electron chi connectivity index (χ1n) is 9.08. The minimum absolute atomic E-state index is 0.0141. The average Bonchev–Trinajstić information content (AvgIpc) is 2.72. The van der Waals surface area contributed by atoms with E-state index < -0.39 is 5.82 Å². The van der Waals surface area contributed by atoms with Crippen LogP contribution in [0, 0.1) is 5.82 Å². The van der Waals surface area contributed by atoms with E-state index in [1.165, 1.54) is 13.0 Å². The lowest BCUT2D eigenvalue weighted by Crippen LogP contribution is -2.49. The quantitative estimate of drug-likeness (QED) is 0.547. The number of hydrogen-bond donors (Lipinski definition) is 0. The maximum atomic E-state index is 14.1. The number of ether oxygens (including phenoxy) is 1. The molecule has 0 aromatic heterocycles. The molecule has 1 saturated heterocycles. The van der Waals surface area contributed by atoms with E-state index in [0.717, 1.165) is 36.3 Å². The summed E-state index contributed by atoms with van der Waals surface area (Å²) in [7, 11) is 1.65.